The molecule has 0 aliphatic rings. The quantitative estimate of drug-likeness (QED) is 0.465. The summed E-state index contributed by atoms with van der Waals surface area (Å²) >= 11 is 0. The molecule has 0 atom stereocenters. The molecule has 2 nitrogen and oxygen atoms in total. The van der Waals surface area contributed by atoms with E-state index in [-0.39, 0.29) is 0 Å². The first-order valence-corrected chi connectivity index (χ1v) is 6.17. The average molecular weight is 232 g/mol. The molecule has 17 heavy (non-hydrogen) atoms. The van der Waals surface area contributed by atoms with Crippen molar-refractivity contribution in [2.75, 3.05) is 0 Å². The maximum atomic E-state index is 9.77. The molecule has 0 aliphatic carbocycles. The summed E-state index contributed by atoms with van der Waals surface area (Å²) < 4.78 is 0. The predicted octanol–water partition coefficient (Wildman–Crippen LogP) is 2.80. The van der Waals surface area contributed by atoms with Gasteiger partial charge in [0.15, 0.2) is 0 Å². The summed E-state index contributed by atoms with van der Waals surface area (Å²) in [5, 5.41) is 19.5. The lowest BCUT2D eigenvalue weighted by atomic mass is 10.1. The highest BCUT2D eigenvalue weighted by atomic mass is 16.5. The van der Waals surface area contributed by atoms with Crippen molar-refractivity contribution in [2.45, 2.75) is 44.8 Å². The normalized spacial score (nSPS) is 10.8. The molecule has 0 bridgehead atoms. The van der Waals surface area contributed by atoms with E-state index in [1.165, 1.54) is 12.8 Å². The van der Waals surface area contributed by atoms with Crippen LogP contribution < -0.4 is 0 Å². The van der Waals surface area contributed by atoms with Crippen LogP contribution in [0.25, 0.3) is 0 Å². The molecule has 1 aromatic rings. The van der Waals surface area contributed by atoms with Crippen molar-refractivity contribution in [3.05, 3.63) is 35.9 Å². The lowest BCUT2D eigenvalue weighted by Crippen LogP contribution is -2.22. The van der Waals surface area contributed by atoms with Crippen LogP contribution in [0.15, 0.2) is 30.3 Å². The summed E-state index contributed by atoms with van der Waals surface area (Å²) in [6, 6.07) is 8.67. The van der Waals surface area contributed by atoms with Gasteiger partial charge in [-0.15, -0.1) is 0 Å². The van der Waals surface area contributed by atoms with Crippen LogP contribution >= 0.6 is 0 Å². The molecule has 92 valence electrons. The molecule has 0 aromatic heterocycles. The molecule has 0 saturated carbocycles. The van der Waals surface area contributed by atoms with E-state index in [0.29, 0.717) is 5.56 Å². The van der Waals surface area contributed by atoms with Crippen LogP contribution in [0, 0.1) is 11.8 Å². The number of hydrogen-bond donors (Lipinski definition) is 2. The molecule has 0 spiro atoms. The van der Waals surface area contributed by atoms with Crippen LogP contribution in [0.2, 0.25) is 0 Å². The molecule has 2 N–H and O–H groups in total. The molecule has 0 amide bonds. The van der Waals surface area contributed by atoms with E-state index >= 15 is 0 Å². The summed E-state index contributed by atoms with van der Waals surface area (Å²) in [5.41, 5.74) is 0.418. The fourth-order valence-corrected chi connectivity index (χ4v) is 1.57. The van der Waals surface area contributed by atoms with Crippen molar-refractivity contribution in [3.63, 3.8) is 0 Å². The standard InChI is InChI=1S/C15H20O2/c1-2-3-4-5-6-10-13-15(16,17)14-11-8-7-9-12-14/h7-9,11-12,16-17H,2-6H2,1H3. The summed E-state index contributed by atoms with van der Waals surface area (Å²) in [4.78, 5) is 0. The van der Waals surface area contributed by atoms with Gasteiger partial charge in [0, 0.05) is 12.0 Å². The number of aliphatic hydroxyl groups is 2. The molecular weight excluding hydrogens is 212 g/mol. The lowest BCUT2D eigenvalue weighted by Gasteiger charge is -2.14. The van der Waals surface area contributed by atoms with Gasteiger partial charge in [-0.1, -0.05) is 62.4 Å². The number of hydrogen-bond acceptors (Lipinski definition) is 2. The fraction of sp³-hybridized carbons (Fsp3) is 0.467. The molecule has 1 rings (SSSR count). The molecule has 0 heterocycles. The molecule has 0 unspecified atom stereocenters. The van der Waals surface area contributed by atoms with E-state index in [4.69, 9.17) is 0 Å². The Labute approximate surface area is 103 Å². The Hall–Kier alpha value is -1.30. The number of unbranched alkanes of at least 4 members (excludes halogenated alkanes) is 4. The average Bonchev–Trinajstić information content (AvgIpc) is 2.35. The second-order valence-corrected chi connectivity index (χ2v) is 4.15. The number of benzene rings is 1. The third-order valence-electron chi connectivity index (χ3n) is 2.59. The maximum absolute atomic E-state index is 9.77. The zero-order valence-corrected chi connectivity index (χ0v) is 10.3. The molecule has 0 saturated heterocycles. The van der Waals surface area contributed by atoms with Gasteiger partial charge in [0.05, 0.1) is 0 Å². The van der Waals surface area contributed by atoms with Crippen molar-refractivity contribution >= 4 is 0 Å². The van der Waals surface area contributed by atoms with E-state index in [0.717, 1.165) is 19.3 Å². The van der Waals surface area contributed by atoms with Gasteiger partial charge < -0.3 is 10.2 Å². The van der Waals surface area contributed by atoms with Gasteiger partial charge in [-0.3, -0.25) is 0 Å². The van der Waals surface area contributed by atoms with Crippen LogP contribution in [0.3, 0.4) is 0 Å². The Morgan fingerprint density at radius 1 is 1.06 bits per heavy atom. The van der Waals surface area contributed by atoms with Crippen LogP contribution in [0.4, 0.5) is 0 Å². The minimum absolute atomic E-state index is 0.418. The molecule has 1 aromatic carbocycles. The second kappa shape index (κ2) is 7.11. The minimum Gasteiger partial charge on any atom is -0.352 e. The Kier molecular flexibility index (Phi) is 5.76. The van der Waals surface area contributed by atoms with Gasteiger partial charge in [0.25, 0.3) is 5.79 Å². The lowest BCUT2D eigenvalue weighted by molar-refractivity contribution is -0.116. The first-order valence-electron chi connectivity index (χ1n) is 6.17. The monoisotopic (exact) mass is 232 g/mol. The van der Waals surface area contributed by atoms with Gasteiger partial charge >= 0.3 is 0 Å². The van der Waals surface area contributed by atoms with Crippen molar-refractivity contribution in [3.8, 4) is 11.8 Å². The maximum Gasteiger partial charge on any atom is 0.256 e. The zero-order chi connectivity index (χ0) is 12.6. The topological polar surface area (TPSA) is 40.5 Å². The molecule has 2 heteroatoms. The van der Waals surface area contributed by atoms with E-state index in [1.807, 2.05) is 6.07 Å². The third kappa shape index (κ3) is 5.04. The van der Waals surface area contributed by atoms with E-state index < -0.39 is 5.79 Å². The first kappa shape index (κ1) is 13.8. The smallest absolute Gasteiger partial charge is 0.256 e. The van der Waals surface area contributed by atoms with E-state index in [2.05, 4.69) is 18.8 Å². The molecule has 0 aliphatic heterocycles. The van der Waals surface area contributed by atoms with Crippen molar-refractivity contribution in [1.29, 1.82) is 0 Å². The Bertz CT molecular complexity index is 371. The van der Waals surface area contributed by atoms with E-state index in [1.54, 1.807) is 24.3 Å². The van der Waals surface area contributed by atoms with Gasteiger partial charge in [-0.2, -0.15) is 0 Å². The molecule has 0 fully saturated rings. The Morgan fingerprint density at radius 2 is 1.76 bits per heavy atom. The van der Waals surface area contributed by atoms with Gasteiger partial charge in [-0.05, 0) is 12.3 Å². The minimum atomic E-state index is -2.02. The summed E-state index contributed by atoms with van der Waals surface area (Å²) in [5.74, 6) is 3.32. The highest BCUT2D eigenvalue weighted by Gasteiger charge is 2.21. The largest absolute Gasteiger partial charge is 0.352 e. The van der Waals surface area contributed by atoms with Crippen molar-refractivity contribution in [2.24, 2.45) is 0 Å². The second-order valence-electron chi connectivity index (χ2n) is 4.15. The molecular formula is C15H20O2. The third-order valence-corrected chi connectivity index (χ3v) is 2.59. The van der Waals surface area contributed by atoms with Crippen LogP contribution in [-0.2, 0) is 5.79 Å². The summed E-state index contributed by atoms with van der Waals surface area (Å²) in [6.45, 7) is 2.16. The van der Waals surface area contributed by atoms with Gasteiger partial charge in [0.1, 0.15) is 0 Å². The fourth-order valence-electron chi connectivity index (χ4n) is 1.57. The predicted molar refractivity (Wildman–Crippen MR) is 69.1 cm³/mol. The van der Waals surface area contributed by atoms with E-state index in [9.17, 15) is 10.2 Å². The Balaban J connectivity index is 2.47. The van der Waals surface area contributed by atoms with Crippen molar-refractivity contribution < 1.29 is 10.2 Å². The van der Waals surface area contributed by atoms with Crippen molar-refractivity contribution in [1.82, 2.24) is 0 Å². The van der Waals surface area contributed by atoms with Gasteiger partial charge in [-0.25, -0.2) is 0 Å². The summed E-state index contributed by atoms with van der Waals surface area (Å²) in [6.07, 6.45) is 5.30. The summed E-state index contributed by atoms with van der Waals surface area (Å²) in [7, 11) is 0. The highest BCUT2D eigenvalue weighted by Crippen LogP contribution is 2.16. The Morgan fingerprint density at radius 3 is 2.41 bits per heavy atom. The number of rotatable bonds is 5. The van der Waals surface area contributed by atoms with Gasteiger partial charge in [0.2, 0.25) is 0 Å². The van der Waals surface area contributed by atoms with Crippen LogP contribution in [0.1, 0.15) is 44.6 Å². The molecule has 0 radical (unpaired) electrons. The highest BCUT2D eigenvalue weighted by molar-refractivity contribution is 5.27. The van der Waals surface area contributed by atoms with Crippen LogP contribution in [0.5, 0.6) is 0 Å². The first-order chi connectivity index (χ1) is 8.17. The SMILES string of the molecule is CCCCCCC#CC(O)(O)c1ccccc1. The zero-order valence-electron chi connectivity index (χ0n) is 10.3. The van der Waals surface area contributed by atoms with Crippen LogP contribution in [-0.4, -0.2) is 10.2 Å².